The Morgan fingerprint density at radius 2 is 2.00 bits per heavy atom. The molecule has 0 spiro atoms. The van der Waals surface area contributed by atoms with E-state index >= 15 is 0 Å². The molecule has 0 bridgehead atoms. The molecular weight excluding hydrogens is 370 g/mol. The minimum atomic E-state index is -1.24. The fourth-order valence-electron chi connectivity index (χ4n) is 2.86. The summed E-state index contributed by atoms with van der Waals surface area (Å²) < 4.78 is 0. The predicted octanol–water partition coefficient (Wildman–Crippen LogP) is -0.0854. The number of primary amides is 1. The smallest absolute Gasteiger partial charge is 0.261 e. The molecule has 0 saturated heterocycles. The Bertz CT molecular complexity index is 717. The number of thiophene rings is 1. The number of carbonyl (C=O) groups excluding carboxylic acids is 3. The van der Waals surface area contributed by atoms with Crippen molar-refractivity contribution in [2.45, 2.75) is 51.0 Å². The Morgan fingerprint density at radius 3 is 2.56 bits per heavy atom. The zero-order valence-corrected chi connectivity index (χ0v) is 16.0. The van der Waals surface area contributed by atoms with Gasteiger partial charge in [0.2, 0.25) is 11.8 Å². The van der Waals surface area contributed by atoms with Crippen molar-refractivity contribution < 1.29 is 24.6 Å². The maximum Gasteiger partial charge on any atom is 0.261 e. The lowest BCUT2D eigenvalue weighted by atomic mass is 9.89. The van der Waals surface area contributed by atoms with Crippen molar-refractivity contribution in [3.63, 3.8) is 0 Å². The van der Waals surface area contributed by atoms with Gasteiger partial charge in [0.25, 0.3) is 5.91 Å². The second-order valence-electron chi connectivity index (χ2n) is 6.99. The minimum Gasteiger partial charge on any atom is -0.390 e. The minimum absolute atomic E-state index is 0.0917. The summed E-state index contributed by atoms with van der Waals surface area (Å²) in [4.78, 5) is 36.7. The third kappa shape index (κ3) is 5.62. The normalized spacial score (nSPS) is 23.4. The summed E-state index contributed by atoms with van der Waals surface area (Å²) in [6.07, 6.45) is -0.760. The molecule has 8 nitrogen and oxygen atoms in total. The molecule has 0 unspecified atom stereocenters. The Balaban J connectivity index is 2.13. The molecule has 6 N–H and O–H groups in total. The van der Waals surface area contributed by atoms with Crippen LogP contribution in [0.25, 0.3) is 0 Å². The van der Waals surface area contributed by atoms with Crippen molar-refractivity contribution in [3.8, 4) is 0 Å². The van der Waals surface area contributed by atoms with E-state index in [0.29, 0.717) is 11.3 Å². The van der Waals surface area contributed by atoms with E-state index in [0.717, 1.165) is 0 Å². The van der Waals surface area contributed by atoms with Crippen LogP contribution in [-0.2, 0) is 9.59 Å². The van der Waals surface area contributed by atoms with E-state index in [9.17, 15) is 24.6 Å². The van der Waals surface area contributed by atoms with Gasteiger partial charge in [0.05, 0.1) is 17.0 Å². The van der Waals surface area contributed by atoms with Crippen LogP contribution in [0.1, 0.15) is 36.4 Å². The molecule has 1 heterocycles. The highest BCUT2D eigenvalue weighted by Gasteiger charge is 2.34. The van der Waals surface area contributed by atoms with Crippen LogP contribution in [0.15, 0.2) is 29.2 Å². The van der Waals surface area contributed by atoms with Gasteiger partial charge in [-0.3, -0.25) is 14.4 Å². The summed E-state index contributed by atoms with van der Waals surface area (Å²) in [6.45, 7) is 3.80. The standard InChI is InChI=1S/C18H25N3O5S/c1-9(2)6-12(16(19)24)21-17(25)10-7-11(15(23)13(22)8-10)20-18(26)14-4-3-5-27-14/h3-5,7,9,11-13,15,22-23H,6,8H2,1-2H3,(H2,19,24)(H,20,26)(H,21,25)/t11-,12-,13-,15-/m1/s1. The number of nitrogens with one attached hydrogen (secondary N) is 2. The summed E-state index contributed by atoms with van der Waals surface area (Å²) in [5.41, 5.74) is 5.52. The van der Waals surface area contributed by atoms with Crippen LogP contribution in [0.4, 0.5) is 0 Å². The van der Waals surface area contributed by atoms with Crippen molar-refractivity contribution >= 4 is 29.1 Å². The molecule has 1 aromatic rings. The van der Waals surface area contributed by atoms with Gasteiger partial charge in [0, 0.05) is 12.0 Å². The molecule has 9 heteroatoms. The van der Waals surface area contributed by atoms with Crippen molar-refractivity contribution in [1.82, 2.24) is 10.6 Å². The van der Waals surface area contributed by atoms with E-state index in [2.05, 4.69) is 10.6 Å². The average molecular weight is 395 g/mol. The molecule has 0 aromatic carbocycles. The first kappa shape index (κ1) is 21.1. The highest BCUT2D eigenvalue weighted by molar-refractivity contribution is 7.12. The summed E-state index contributed by atoms with van der Waals surface area (Å²) in [6, 6.07) is 1.59. The molecule has 27 heavy (non-hydrogen) atoms. The van der Waals surface area contributed by atoms with Crippen molar-refractivity contribution in [3.05, 3.63) is 34.0 Å². The maximum atomic E-state index is 12.5. The quantitative estimate of drug-likeness (QED) is 0.439. The lowest BCUT2D eigenvalue weighted by Crippen LogP contribution is -2.52. The van der Waals surface area contributed by atoms with Crippen LogP contribution >= 0.6 is 11.3 Å². The summed E-state index contributed by atoms with van der Waals surface area (Å²) >= 11 is 1.24. The molecule has 1 aromatic heterocycles. The van der Waals surface area contributed by atoms with E-state index < -0.39 is 42.0 Å². The number of aliphatic hydroxyl groups excluding tert-OH is 2. The van der Waals surface area contributed by atoms with Crippen LogP contribution in [0, 0.1) is 5.92 Å². The lowest BCUT2D eigenvalue weighted by molar-refractivity contribution is -0.126. The van der Waals surface area contributed by atoms with Gasteiger partial charge in [-0.2, -0.15) is 0 Å². The molecule has 1 aliphatic carbocycles. The number of hydrogen-bond donors (Lipinski definition) is 5. The second-order valence-corrected chi connectivity index (χ2v) is 7.94. The summed E-state index contributed by atoms with van der Waals surface area (Å²) in [5.74, 6) is -1.46. The van der Waals surface area contributed by atoms with Gasteiger partial charge < -0.3 is 26.6 Å². The Morgan fingerprint density at radius 1 is 1.30 bits per heavy atom. The molecule has 0 saturated carbocycles. The van der Waals surface area contributed by atoms with Crippen molar-refractivity contribution in [2.75, 3.05) is 0 Å². The number of amides is 3. The monoisotopic (exact) mass is 395 g/mol. The van der Waals surface area contributed by atoms with Gasteiger partial charge in [-0.25, -0.2) is 0 Å². The number of nitrogens with two attached hydrogens (primary N) is 1. The maximum absolute atomic E-state index is 12.5. The Labute approximate surface area is 161 Å². The van der Waals surface area contributed by atoms with Crippen LogP contribution in [-0.4, -0.2) is 52.2 Å². The van der Waals surface area contributed by atoms with Gasteiger partial charge >= 0.3 is 0 Å². The van der Waals surface area contributed by atoms with Gasteiger partial charge in [-0.1, -0.05) is 26.0 Å². The van der Waals surface area contributed by atoms with Gasteiger partial charge in [0.1, 0.15) is 12.1 Å². The zero-order chi connectivity index (χ0) is 20.1. The molecule has 148 valence electrons. The van der Waals surface area contributed by atoms with Crippen molar-refractivity contribution in [2.24, 2.45) is 11.7 Å². The molecule has 2 rings (SSSR count). The second kappa shape index (κ2) is 9.12. The molecule has 3 amide bonds. The van der Waals surface area contributed by atoms with Gasteiger partial charge in [0.15, 0.2) is 0 Å². The van der Waals surface area contributed by atoms with E-state index in [4.69, 9.17) is 5.73 Å². The first-order chi connectivity index (χ1) is 12.7. The fraction of sp³-hybridized carbons (Fsp3) is 0.500. The summed E-state index contributed by atoms with van der Waals surface area (Å²) in [7, 11) is 0. The van der Waals surface area contributed by atoms with Crippen LogP contribution < -0.4 is 16.4 Å². The third-order valence-electron chi connectivity index (χ3n) is 4.26. The Kier molecular flexibility index (Phi) is 7.11. The molecule has 0 aliphatic heterocycles. The topological polar surface area (TPSA) is 142 Å². The first-order valence-electron chi connectivity index (χ1n) is 8.70. The fourth-order valence-corrected chi connectivity index (χ4v) is 3.49. The van der Waals surface area contributed by atoms with Crippen LogP contribution in [0.3, 0.4) is 0 Å². The Hall–Kier alpha value is -2.23. The van der Waals surface area contributed by atoms with Crippen molar-refractivity contribution in [1.29, 1.82) is 0 Å². The van der Waals surface area contributed by atoms with Gasteiger partial charge in [-0.05, 0) is 23.8 Å². The molecule has 1 aliphatic rings. The SMILES string of the molecule is CC(C)C[C@@H](NC(=O)C1=C[C@@H](NC(=O)c2cccs2)[C@@H](O)[C@H](O)C1)C(N)=O. The number of rotatable bonds is 7. The number of aliphatic hydroxyl groups is 2. The van der Waals surface area contributed by atoms with E-state index in [1.807, 2.05) is 13.8 Å². The highest BCUT2D eigenvalue weighted by atomic mass is 32.1. The van der Waals surface area contributed by atoms with E-state index in [1.54, 1.807) is 17.5 Å². The average Bonchev–Trinajstić information content (AvgIpc) is 3.12. The predicted molar refractivity (Wildman–Crippen MR) is 101 cm³/mol. The number of carbonyl (C=O) groups is 3. The number of hydrogen-bond acceptors (Lipinski definition) is 6. The molecule has 0 radical (unpaired) electrons. The van der Waals surface area contributed by atoms with E-state index in [-0.39, 0.29) is 17.9 Å². The zero-order valence-electron chi connectivity index (χ0n) is 15.2. The lowest BCUT2D eigenvalue weighted by Gasteiger charge is -2.31. The first-order valence-corrected chi connectivity index (χ1v) is 9.58. The van der Waals surface area contributed by atoms with Gasteiger partial charge in [-0.15, -0.1) is 11.3 Å². The molecule has 0 fully saturated rings. The van der Waals surface area contributed by atoms with Crippen LogP contribution in [0.2, 0.25) is 0 Å². The third-order valence-corrected chi connectivity index (χ3v) is 5.13. The largest absolute Gasteiger partial charge is 0.390 e. The highest BCUT2D eigenvalue weighted by Crippen LogP contribution is 2.21. The summed E-state index contributed by atoms with van der Waals surface area (Å²) in [5, 5.41) is 27.2. The van der Waals surface area contributed by atoms with Crippen LogP contribution in [0.5, 0.6) is 0 Å². The van der Waals surface area contributed by atoms with E-state index in [1.165, 1.54) is 17.4 Å². The molecule has 4 atom stereocenters. The molecular formula is C18H25N3O5S.